The molecular weight excluding hydrogens is 290 g/mol. The summed E-state index contributed by atoms with van der Waals surface area (Å²) >= 11 is 5.94. The number of para-hydroxylation sites is 2. The number of aromatic nitrogens is 2. The zero-order chi connectivity index (χ0) is 14.7. The van der Waals surface area contributed by atoms with Crippen molar-refractivity contribution in [2.45, 2.75) is 6.61 Å². The van der Waals surface area contributed by atoms with Gasteiger partial charge in [0, 0.05) is 10.6 Å². The summed E-state index contributed by atoms with van der Waals surface area (Å²) in [5.41, 5.74) is 7.14. The van der Waals surface area contributed by atoms with Crippen molar-refractivity contribution in [2.75, 3.05) is 5.73 Å². The smallest absolute Gasteiger partial charge is 0.264 e. The summed E-state index contributed by atoms with van der Waals surface area (Å²) in [4.78, 5) is 4.26. The molecule has 0 saturated carbocycles. The van der Waals surface area contributed by atoms with Gasteiger partial charge in [-0.05, 0) is 24.3 Å². The number of nitrogen functional groups attached to an aromatic ring is 1. The maximum Gasteiger partial charge on any atom is 0.264 e. The summed E-state index contributed by atoms with van der Waals surface area (Å²) in [5, 5.41) is 4.52. The van der Waals surface area contributed by atoms with E-state index in [1.165, 1.54) is 0 Å². The molecule has 0 spiro atoms. The Morgan fingerprint density at radius 2 is 2.00 bits per heavy atom. The van der Waals surface area contributed by atoms with Crippen LogP contribution < -0.4 is 10.5 Å². The standard InChI is InChI=1S/C15H12ClN3O2/c16-11-5-3-4-10(8-11)15-18-14(21-19-15)9-20-13-7-2-1-6-12(13)17/h1-8H,9,17H2. The lowest BCUT2D eigenvalue weighted by molar-refractivity contribution is 0.244. The molecule has 0 unspecified atom stereocenters. The van der Waals surface area contributed by atoms with Crippen LogP contribution in [-0.2, 0) is 6.61 Å². The highest BCUT2D eigenvalue weighted by Crippen LogP contribution is 2.22. The van der Waals surface area contributed by atoms with Crippen LogP contribution in [0.1, 0.15) is 5.89 Å². The van der Waals surface area contributed by atoms with E-state index in [2.05, 4.69) is 10.1 Å². The molecule has 0 aliphatic heterocycles. The molecule has 5 nitrogen and oxygen atoms in total. The normalized spacial score (nSPS) is 10.5. The maximum atomic E-state index is 5.94. The molecule has 0 aliphatic carbocycles. The fraction of sp³-hybridized carbons (Fsp3) is 0.0667. The van der Waals surface area contributed by atoms with Crippen molar-refractivity contribution in [1.82, 2.24) is 10.1 Å². The Morgan fingerprint density at radius 1 is 1.14 bits per heavy atom. The van der Waals surface area contributed by atoms with Gasteiger partial charge in [0.25, 0.3) is 5.89 Å². The third-order valence-electron chi connectivity index (χ3n) is 2.82. The van der Waals surface area contributed by atoms with Gasteiger partial charge in [0.05, 0.1) is 5.69 Å². The van der Waals surface area contributed by atoms with E-state index >= 15 is 0 Å². The maximum absolute atomic E-state index is 5.94. The minimum absolute atomic E-state index is 0.155. The fourth-order valence-electron chi connectivity index (χ4n) is 1.81. The second kappa shape index (κ2) is 5.85. The molecule has 2 N–H and O–H groups in total. The molecule has 3 rings (SSSR count). The quantitative estimate of drug-likeness (QED) is 0.746. The molecule has 21 heavy (non-hydrogen) atoms. The van der Waals surface area contributed by atoms with Crippen molar-refractivity contribution in [3.8, 4) is 17.1 Å². The molecule has 1 aromatic heterocycles. The average molecular weight is 302 g/mol. The molecule has 0 atom stereocenters. The first-order chi connectivity index (χ1) is 10.2. The van der Waals surface area contributed by atoms with Gasteiger partial charge in [-0.2, -0.15) is 4.98 Å². The average Bonchev–Trinajstić information content (AvgIpc) is 2.95. The van der Waals surface area contributed by atoms with Gasteiger partial charge in [-0.3, -0.25) is 0 Å². The minimum atomic E-state index is 0.155. The second-order valence-corrected chi connectivity index (χ2v) is 4.79. The van der Waals surface area contributed by atoms with Crippen LogP contribution in [0.5, 0.6) is 5.75 Å². The van der Waals surface area contributed by atoms with E-state index in [1.807, 2.05) is 24.3 Å². The van der Waals surface area contributed by atoms with E-state index in [0.717, 1.165) is 5.56 Å². The lowest BCUT2D eigenvalue weighted by atomic mass is 10.2. The van der Waals surface area contributed by atoms with Crippen LogP contribution in [0.25, 0.3) is 11.4 Å². The van der Waals surface area contributed by atoms with Crippen molar-refractivity contribution in [3.63, 3.8) is 0 Å². The molecular formula is C15H12ClN3O2. The molecule has 1 heterocycles. The molecule has 0 aliphatic rings. The van der Waals surface area contributed by atoms with Crippen LogP contribution in [0.3, 0.4) is 0 Å². The number of nitrogens with two attached hydrogens (primary N) is 1. The van der Waals surface area contributed by atoms with E-state index in [9.17, 15) is 0 Å². The zero-order valence-electron chi connectivity index (χ0n) is 11.0. The Balaban J connectivity index is 1.72. The van der Waals surface area contributed by atoms with Gasteiger partial charge >= 0.3 is 0 Å². The molecule has 0 fully saturated rings. The van der Waals surface area contributed by atoms with E-state index in [4.69, 9.17) is 26.6 Å². The largest absolute Gasteiger partial charge is 0.482 e. The van der Waals surface area contributed by atoms with Crippen molar-refractivity contribution < 1.29 is 9.26 Å². The van der Waals surface area contributed by atoms with E-state index < -0.39 is 0 Å². The lowest BCUT2D eigenvalue weighted by Crippen LogP contribution is -1.98. The lowest BCUT2D eigenvalue weighted by Gasteiger charge is -2.05. The minimum Gasteiger partial charge on any atom is -0.482 e. The van der Waals surface area contributed by atoms with Crippen LogP contribution in [0.15, 0.2) is 53.1 Å². The molecule has 0 saturated heterocycles. The Bertz CT molecular complexity index is 758. The number of hydrogen-bond donors (Lipinski definition) is 1. The van der Waals surface area contributed by atoms with Crippen molar-refractivity contribution in [2.24, 2.45) is 0 Å². The summed E-state index contributed by atoms with van der Waals surface area (Å²) in [6.45, 7) is 0.155. The highest BCUT2D eigenvalue weighted by molar-refractivity contribution is 6.30. The van der Waals surface area contributed by atoms with Crippen LogP contribution >= 0.6 is 11.6 Å². The number of hydrogen-bond acceptors (Lipinski definition) is 5. The highest BCUT2D eigenvalue weighted by Gasteiger charge is 2.10. The SMILES string of the molecule is Nc1ccccc1OCc1nc(-c2cccc(Cl)c2)no1. The number of ether oxygens (including phenoxy) is 1. The summed E-state index contributed by atoms with van der Waals surface area (Å²) in [6.07, 6.45) is 0. The predicted molar refractivity (Wildman–Crippen MR) is 79.9 cm³/mol. The molecule has 2 aromatic carbocycles. The van der Waals surface area contributed by atoms with Crippen LogP contribution in [0, 0.1) is 0 Å². The number of rotatable bonds is 4. The Morgan fingerprint density at radius 3 is 2.81 bits per heavy atom. The highest BCUT2D eigenvalue weighted by atomic mass is 35.5. The summed E-state index contributed by atoms with van der Waals surface area (Å²) < 4.78 is 10.7. The first kappa shape index (κ1) is 13.5. The monoisotopic (exact) mass is 301 g/mol. The van der Waals surface area contributed by atoms with Gasteiger partial charge < -0.3 is 15.0 Å². The van der Waals surface area contributed by atoms with Crippen LogP contribution in [0.2, 0.25) is 5.02 Å². The van der Waals surface area contributed by atoms with E-state index in [1.54, 1.807) is 24.3 Å². The summed E-state index contributed by atoms with van der Waals surface area (Å²) in [7, 11) is 0. The fourth-order valence-corrected chi connectivity index (χ4v) is 2.00. The van der Waals surface area contributed by atoms with E-state index in [-0.39, 0.29) is 6.61 Å². The number of anilines is 1. The van der Waals surface area contributed by atoms with Gasteiger partial charge in [0.1, 0.15) is 5.75 Å². The molecule has 0 amide bonds. The Kier molecular flexibility index (Phi) is 3.75. The first-order valence-corrected chi connectivity index (χ1v) is 6.66. The van der Waals surface area contributed by atoms with Crippen molar-refractivity contribution >= 4 is 17.3 Å². The first-order valence-electron chi connectivity index (χ1n) is 6.28. The summed E-state index contributed by atoms with van der Waals surface area (Å²) in [6, 6.07) is 14.5. The number of halogens is 1. The second-order valence-electron chi connectivity index (χ2n) is 4.35. The Labute approximate surface area is 126 Å². The third kappa shape index (κ3) is 3.14. The van der Waals surface area contributed by atoms with Gasteiger partial charge in [-0.15, -0.1) is 0 Å². The van der Waals surface area contributed by atoms with E-state index in [0.29, 0.717) is 28.2 Å². The number of benzene rings is 2. The van der Waals surface area contributed by atoms with Crippen LogP contribution in [-0.4, -0.2) is 10.1 Å². The van der Waals surface area contributed by atoms with Crippen molar-refractivity contribution in [3.05, 3.63) is 59.4 Å². The zero-order valence-corrected chi connectivity index (χ0v) is 11.7. The van der Waals surface area contributed by atoms with Crippen LogP contribution in [0.4, 0.5) is 5.69 Å². The molecule has 0 radical (unpaired) electrons. The van der Waals surface area contributed by atoms with Gasteiger partial charge in [0.2, 0.25) is 5.82 Å². The molecule has 6 heteroatoms. The predicted octanol–water partition coefficient (Wildman–Crippen LogP) is 3.55. The van der Waals surface area contributed by atoms with Crippen molar-refractivity contribution in [1.29, 1.82) is 0 Å². The number of nitrogens with zero attached hydrogens (tertiary/aromatic N) is 2. The molecule has 3 aromatic rings. The van der Waals surface area contributed by atoms with Gasteiger partial charge in [-0.25, -0.2) is 0 Å². The Hall–Kier alpha value is -2.53. The van der Waals surface area contributed by atoms with Gasteiger partial charge in [0.15, 0.2) is 6.61 Å². The summed E-state index contributed by atoms with van der Waals surface area (Å²) in [5.74, 6) is 1.42. The van der Waals surface area contributed by atoms with Gasteiger partial charge in [-0.1, -0.05) is 41.0 Å². The third-order valence-corrected chi connectivity index (χ3v) is 3.06. The topological polar surface area (TPSA) is 74.2 Å². The molecule has 106 valence electrons. The molecule has 0 bridgehead atoms.